The van der Waals surface area contributed by atoms with E-state index in [-0.39, 0.29) is 5.82 Å². The van der Waals surface area contributed by atoms with Crippen LogP contribution in [0, 0.1) is 5.82 Å². The van der Waals surface area contributed by atoms with Gasteiger partial charge in [-0.3, -0.25) is 4.98 Å². The molecule has 4 heteroatoms. The molecule has 19 heavy (non-hydrogen) atoms. The predicted octanol–water partition coefficient (Wildman–Crippen LogP) is 2.58. The molecule has 0 unspecified atom stereocenters. The van der Waals surface area contributed by atoms with Crippen LogP contribution in [-0.4, -0.2) is 19.1 Å². The van der Waals surface area contributed by atoms with E-state index in [1.54, 1.807) is 12.3 Å². The fraction of sp³-hybridized carbons (Fsp3) is 0.267. The molecule has 0 saturated heterocycles. The first-order chi connectivity index (χ1) is 9.22. The van der Waals surface area contributed by atoms with Crippen molar-refractivity contribution in [3.05, 3.63) is 59.7 Å². The molecule has 0 spiro atoms. The molecule has 1 aromatic heterocycles. The highest BCUT2D eigenvalue weighted by Crippen LogP contribution is 2.23. The third-order valence-electron chi connectivity index (χ3n) is 3.00. The number of nitrogens with zero attached hydrogens (tertiary/aromatic N) is 2. The molecule has 0 fully saturated rings. The van der Waals surface area contributed by atoms with E-state index in [0.717, 1.165) is 11.3 Å². The molecule has 1 heterocycles. The van der Waals surface area contributed by atoms with Gasteiger partial charge >= 0.3 is 0 Å². The molecule has 100 valence electrons. The van der Waals surface area contributed by atoms with Gasteiger partial charge in [0.05, 0.1) is 0 Å². The van der Waals surface area contributed by atoms with Crippen LogP contribution in [0.1, 0.15) is 11.1 Å². The van der Waals surface area contributed by atoms with Crippen molar-refractivity contribution in [3.8, 4) is 0 Å². The van der Waals surface area contributed by atoms with Crippen molar-refractivity contribution in [2.45, 2.75) is 13.1 Å². The van der Waals surface area contributed by atoms with E-state index in [1.807, 2.05) is 43.4 Å². The van der Waals surface area contributed by atoms with Gasteiger partial charge in [0.25, 0.3) is 0 Å². The summed E-state index contributed by atoms with van der Waals surface area (Å²) in [6.07, 6.45) is 3.58. The summed E-state index contributed by atoms with van der Waals surface area (Å²) in [4.78, 5) is 6.13. The van der Waals surface area contributed by atoms with Gasteiger partial charge in [-0.25, -0.2) is 4.39 Å². The number of rotatable bonds is 5. The Balaban J connectivity index is 2.23. The Labute approximate surface area is 113 Å². The van der Waals surface area contributed by atoms with Crippen molar-refractivity contribution in [2.75, 3.05) is 19.0 Å². The zero-order valence-corrected chi connectivity index (χ0v) is 11.2. The van der Waals surface area contributed by atoms with Gasteiger partial charge in [0.1, 0.15) is 5.82 Å². The summed E-state index contributed by atoms with van der Waals surface area (Å²) in [6.45, 7) is 1.22. The molecule has 1 aromatic carbocycles. The summed E-state index contributed by atoms with van der Waals surface area (Å²) in [7, 11) is 3.78. The topological polar surface area (TPSA) is 28.2 Å². The SMILES string of the molecule is CNCc1c(F)cccc1N(C)Cc1cccnc1. The van der Waals surface area contributed by atoms with Gasteiger partial charge in [-0.05, 0) is 30.8 Å². The predicted molar refractivity (Wildman–Crippen MR) is 75.5 cm³/mol. The number of aromatic nitrogens is 1. The maximum Gasteiger partial charge on any atom is 0.129 e. The van der Waals surface area contributed by atoms with Crippen molar-refractivity contribution >= 4 is 5.69 Å². The molecule has 3 nitrogen and oxygen atoms in total. The lowest BCUT2D eigenvalue weighted by Gasteiger charge is -2.22. The van der Waals surface area contributed by atoms with Crippen LogP contribution >= 0.6 is 0 Å². The average Bonchev–Trinajstić information content (AvgIpc) is 2.42. The highest BCUT2D eigenvalue weighted by atomic mass is 19.1. The van der Waals surface area contributed by atoms with Crippen LogP contribution in [0.2, 0.25) is 0 Å². The number of nitrogens with one attached hydrogen (secondary N) is 1. The zero-order chi connectivity index (χ0) is 13.7. The summed E-state index contributed by atoms with van der Waals surface area (Å²) >= 11 is 0. The van der Waals surface area contributed by atoms with E-state index < -0.39 is 0 Å². The number of anilines is 1. The minimum absolute atomic E-state index is 0.176. The molecule has 1 N–H and O–H groups in total. The lowest BCUT2D eigenvalue weighted by atomic mass is 10.1. The Hall–Kier alpha value is -1.94. The summed E-state index contributed by atoms with van der Waals surface area (Å²) in [5, 5.41) is 3.00. The fourth-order valence-electron chi connectivity index (χ4n) is 2.11. The van der Waals surface area contributed by atoms with E-state index in [0.29, 0.717) is 18.7 Å². The highest BCUT2D eigenvalue weighted by Gasteiger charge is 2.11. The standard InChI is InChI=1S/C15H18FN3/c1-17-10-13-14(16)6-3-7-15(13)19(2)11-12-5-4-8-18-9-12/h3-9,17H,10-11H2,1-2H3. The van der Waals surface area contributed by atoms with Gasteiger partial charge in [-0.2, -0.15) is 0 Å². The fourth-order valence-corrected chi connectivity index (χ4v) is 2.11. The van der Waals surface area contributed by atoms with Crippen LogP contribution in [0.15, 0.2) is 42.7 Å². The zero-order valence-electron chi connectivity index (χ0n) is 11.2. The van der Waals surface area contributed by atoms with Gasteiger partial charge in [0.15, 0.2) is 0 Å². The quantitative estimate of drug-likeness (QED) is 0.894. The van der Waals surface area contributed by atoms with Gasteiger partial charge in [0, 0.05) is 43.8 Å². The van der Waals surface area contributed by atoms with Crippen molar-refractivity contribution in [3.63, 3.8) is 0 Å². The Morgan fingerprint density at radius 3 is 2.79 bits per heavy atom. The van der Waals surface area contributed by atoms with Crippen LogP contribution in [0.3, 0.4) is 0 Å². The van der Waals surface area contributed by atoms with Crippen LogP contribution in [0.4, 0.5) is 10.1 Å². The molecule has 2 rings (SSSR count). The molecule has 0 aliphatic carbocycles. The minimum Gasteiger partial charge on any atom is -0.370 e. The summed E-state index contributed by atoms with van der Waals surface area (Å²) in [6, 6.07) is 9.09. The largest absolute Gasteiger partial charge is 0.370 e. The van der Waals surface area contributed by atoms with E-state index >= 15 is 0 Å². The lowest BCUT2D eigenvalue weighted by Crippen LogP contribution is -2.20. The number of hydrogen-bond acceptors (Lipinski definition) is 3. The highest BCUT2D eigenvalue weighted by molar-refractivity contribution is 5.54. The van der Waals surface area contributed by atoms with Crippen molar-refractivity contribution in [2.24, 2.45) is 0 Å². The van der Waals surface area contributed by atoms with E-state index in [2.05, 4.69) is 10.3 Å². The van der Waals surface area contributed by atoms with Crippen LogP contribution in [0.5, 0.6) is 0 Å². The normalized spacial score (nSPS) is 10.5. The van der Waals surface area contributed by atoms with Crippen LogP contribution < -0.4 is 10.2 Å². The van der Waals surface area contributed by atoms with Gasteiger partial charge in [0.2, 0.25) is 0 Å². The van der Waals surface area contributed by atoms with Gasteiger partial charge < -0.3 is 10.2 Å². The first kappa shape index (κ1) is 13.5. The summed E-state index contributed by atoms with van der Waals surface area (Å²) in [5.41, 5.74) is 2.69. The minimum atomic E-state index is -0.176. The lowest BCUT2D eigenvalue weighted by molar-refractivity contribution is 0.599. The molecule has 0 atom stereocenters. The number of hydrogen-bond donors (Lipinski definition) is 1. The maximum atomic E-state index is 13.9. The third kappa shape index (κ3) is 3.29. The molecule has 0 radical (unpaired) electrons. The number of halogens is 1. The third-order valence-corrected chi connectivity index (χ3v) is 3.00. The monoisotopic (exact) mass is 259 g/mol. The van der Waals surface area contributed by atoms with Gasteiger partial charge in [-0.15, -0.1) is 0 Å². The van der Waals surface area contributed by atoms with Gasteiger partial charge in [-0.1, -0.05) is 12.1 Å². The van der Waals surface area contributed by atoms with Crippen LogP contribution in [-0.2, 0) is 13.1 Å². The Kier molecular flexibility index (Phi) is 4.47. The molecule has 0 aliphatic heterocycles. The molecule has 0 saturated carbocycles. The second-order valence-corrected chi connectivity index (χ2v) is 4.49. The molecular formula is C15H18FN3. The van der Waals surface area contributed by atoms with Crippen molar-refractivity contribution in [1.82, 2.24) is 10.3 Å². The van der Waals surface area contributed by atoms with Crippen LogP contribution in [0.25, 0.3) is 0 Å². The van der Waals surface area contributed by atoms with E-state index in [9.17, 15) is 4.39 Å². The van der Waals surface area contributed by atoms with E-state index in [1.165, 1.54) is 6.07 Å². The van der Waals surface area contributed by atoms with Crippen molar-refractivity contribution in [1.29, 1.82) is 0 Å². The first-order valence-corrected chi connectivity index (χ1v) is 6.24. The van der Waals surface area contributed by atoms with E-state index in [4.69, 9.17) is 0 Å². The average molecular weight is 259 g/mol. The molecule has 2 aromatic rings. The van der Waals surface area contributed by atoms with Crippen molar-refractivity contribution < 1.29 is 4.39 Å². The smallest absolute Gasteiger partial charge is 0.129 e. The second-order valence-electron chi connectivity index (χ2n) is 4.49. The summed E-state index contributed by atoms with van der Waals surface area (Å²) < 4.78 is 13.9. The summed E-state index contributed by atoms with van der Waals surface area (Å²) in [5.74, 6) is -0.176. The Morgan fingerprint density at radius 2 is 2.11 bits per heavy atom. The molecular weight excluding hydrogens is 241 g/mol. The Bertz CT molecular complexity index is 528. The number of pyridine rings is 1. The maximum absolute atomic E-state index is 13.9. The number of benzene rings is 1. The molecule has 0 bridgehead atoms. The molecule has 0 amide bonds. The molecule has 0 aliphatic rings. The Morgan fingerprint density at radius 1 is 1.26 bits per heavy atom. The second kappa shape index (κ2) is 6.29. The first-order valence-electron chi connectivity index (χ1n) is 6.24.